The molecule has 0 fully saturated rings. The highest BCUT2D eigenvalue weighted by Crippen LogP contribution is 2.26. The predicted molar refractivity (Wildman–Crippen MR) is 96.7 cm³/mol. The van der Waals surface area contributed by atoms with Gasteiger partial charge in [-0.2, -0.15) is 0 Å². The molecule has 2 rings (SSSR count). The minimum Gasteiger partial charge on any atom is -0.506 e. The number of rotatable bonds is 8. The van der Waals surface area contributed by atoms with Gasteiger partial charge in [0.2, 0.25) is 6.41 Å². The summed E-state index contributed by atoms with van der Waals surface area (Å²) >= 11 is 0. The fraction of sp³-hybridized carbons (Fsp3) is 0.316. The molecule has 2 aromatic carbocycles. The van der Waals surface area contributed by atoms with E-state index in [9.17, 15) is 15.0 Å². The molecule has 6 heteroatoms. The van der Waals surface area contributed by atoms with Gasteiger partial charge in [0, 0.05) is 12.0 Å². The van der Waals surface area contributed by atoms with Crippen LogP contribution < -0.4 is 15.4 Å². The molecule has 4 N–H and O–H groups in total. The van der Waals surface area contributed by atoms with Crippen LogP contribution in [-0.2, 0) is 16.8 Å². The molecule has 0 bridgehead atoms. The number of hydrogen-bond donors (Lipinski definition) is 4. The molecule has 134 valence electrons. The molecule has 0 radical (unpaired) electrons. The summed E-state index contributed by atoms with van der Waals surface area (Å²) in [6.07, 6.45) is 0.0268. The largest absolute Gasteiger partial charge is 0.506 e. The molecule has 1 atom stereocenters. The molecule has 0 heterocycles. The molecule has 6 nitrogen and oxygen atoms in total. The van der Waals surface area contributed by atoms with Crippen LogP contribution in [0.3, 0.4) is 0 Å². The number of benzene rings is 2. The topological polar surface area (TPSA) is 90.8 Å². The molecular weight excluding hydrogens is 320 g/mol. The molecular formula is C19H24N2O4. The zero-order chi connectivity index (χ0) is 18.4. The maximum atomic E-state index is 10.6. The van der Waals surface area contributed by atoms with Gasteiger partial charge in [0.05, 0.1) is 12.8 Å². The standard InChI is InChI=1S/C19H24N2O4/c1-19(2,14-5-7-15(25-3)8-6-14)21-18(24)11-13-4-9-17(23)16(10-13)20-12-22/h4-10,12,18,21,23-24H,11H2,1-3H3,(H,20,22). The SMILES string of the molecule is COc1ccc(C(C)(C)NC(O)Cc2ccc(O)c(NC=O)c2)cc1. The molecule has 0 aliphatic carbocycles. The number of aromatic hydroxyl groups is 1. The van der Waals surface area contributed by atoms with Gasteiger partial charge in [0.15, 0.2) is 0 Å². The van der Waals surface area contributed by atoms with Crippen LogP contribution in [0.15, 0.2) is 42.5 Å². The highest BCUT2D eigenvalue weighted by atomic mass is 16.5. The molecule has 0 aliphatic heterocycles. The van der Waals surface area contributed by atoms with Gasteiger partial charge in [-0.15, -0.1) is 0 Å². The van der Waals surface area contributed by atoms with E-state index in [4.69, 9.17) is 4.74 Å². The Labute approximate surface area is 147 Å². The van der Waals surface area contributed by atoms with E-state index in [1.807, 2.05) is 38.1 Å². The smallest absolute Gasteiger partial charge is 0.211 e. The number of phenolic OH excluding ortho intramolecular Hbond substituents is 1. The second-order valence-electron chi connectivity index (χ2n) is 6.33. The van der Waals surface area contributed by atoms with Crippen molar-refractivity contribution in [2.24, 2.45) is 0 Å². The average molecular weight is 344 g/mol. The van der Waals surface area contributed by atoms with Crippen LogP contribution >= 0.6 is 0 Å². The van der Waals surface area contributed by atoms with Crippen LogP contribution in [0.4, 0.5) is 5.69 Å². The van der Waals surface area contributed by atoms with Crippen molar-refractivity contribution in [2.75, 3.05) is 12.4 Å². The Balaban J connectivity index is 2.06. The monoisotopic (exact) mass is 344 g/mol. The fourth-order valence-corrected chi connectivity index (χ4v) is 2.67. The Morgan fingerprint density at radius 3 is 2.48 bits per heavy atom. The van der Waals surface area contributed by atoms with Gasteiger partial charge >= 0.3 is 0 Å². The third-order valence-corrected chi connectivity index (χ3v) is 4.04. The maximum absolute atomic E-state index is 10.6. The van der Waals surface area contributed by atoms with E-state index in [1.54, 1.807) is 19.2 Å². The quantitative estimate of drug-likeness (QED) is 0.335. The normalized spacial score (nSPS) is 12.5. The first-order valence-corrected chi connectivity index (χ1v) is 7.98. The van der Waals surface area contributed by atoms with E-state index in [0.717, 1.165) is 16.9 Å². The van der Waals surface area contributed by atoms with Gasteiger partial charge in [-0.3, -0.25) is 10.1 Å². The number of hydrogen-bond acceptors (Lipinski definition) is 5. The third kappa shape index (κ3) is 4.95. The summed E-state index contributed by atoms with van der Waals surface area (Å²) < 4.78 is 5.16. The number of phenols is 1. The lowest BCUT2D eigenvalue weighted by Gasteiger charge is -2.30. The molecule has 0 spiro atoms. The molecule has 25 heavy (non-hydrogen) atoms. The van der Waals surface area contributed by atoms with Gasteiger partial charge in [-0.25, -0.2) is 0 Å². The van der Waals surface area contributed by atoms with E-state index < -0.39 is 11.8 Å². The first-order valence-electron chi connectivity index (χ1n) is 7.98. The van der Waals surface area contributed by atoms with E-state index in [0.29, 0.717) is 18.5 Å². The maximum Gasteiger partial charge on any atom is 0.211 e. The second kappa shape index (κ2) is 8.00. The zero-order valence-corrected chi connectivity index (χ0v) is 14.6. The molecule has 1 unspecified atom stereocenters. The molecule has 0 aliphatic rings. The number of carbonyl (C=O) groups excluding carboxylic acids is 1. The Kier molecular flexibility index (Phi) is 6.01. The van der Waals surface area contributed by atoms with E-state index in [-0.39, 0.29) is 5.75 Å². The van der Waals surface area contributed by atoms with Crippen LogP contribution in [0.1, 0.15) is 25.0 Å². The molecule has 0 saturated carbocycles. The first kappa shape index (κ1) is 18.8. The fourth-order valence-electron chi connectivity index (χ4n) is 2.67. The lowest BCUT2D eigenvalue weighted by atomic mass is 9.93. The third-order valence-electron chi connectivity index (χ3n) is 4.04. The highest BCUT2D eigenvalue weighted by molar-refractivity contribution is 5.75. The van der Waals surface area contributed by atoms with Crippen LogP contribution in [0.5, 0.6) is 11.5 Å². The molecule has 0 saturated heterocycles. The van der Waals surface area contributed by atoms with Crippen LogP contribution in [0.2, 0.25) is 0 Å². The second-order valence-corrected chi connectivity index (χ2v) is 6.33. The first-order chi connectivity index (χ1) is 11.9. The van der Waals surface area contributed by atoms with Crippen molar-refractivity contribution in [2.45, 2.75) is 32.0 Å². The van der Waals surface area contributed by atoms with Crippen molar-refractivity contribution in [3.05, 3.63) is 53.6 Å². The number of nitrogens with one attached hydrogen (secondary N) is 2. The number of ether oxygens (including phenoxy) is 1. The van der Waals surface area contributed by atoms with Crippen molar-refractivity contribution in [1.82, 2.24) is 5.32 Å². The number of amides is 1. The Morgan fingerprint density at radius 1 is 1.20 bits per heavy atom. The molecule has 2 aromatic rings. The highest BCUT2D eigenvalue weighted by Gasteiger charge is 2.23. The summed E-state index contributed by atoms with van der Waals surface area (Å²) in [5.74, 6) is 0.760. The summed E-state index contributed by atoms with van der Waals surface area (Å²) in [5, 5.41) is 25.7. The summed E-state index contributed by atoms with van der Waals surface area (Å²) in [5.41, 5.74) is 1.66. The van der Waals surface area contributed by atoms with Gasteiger partial charge in [0.1, 0.15) is 17.7 Å². The van der Waals surface area contributed by atoms with Crippen molar-refractivity contribution >= 4 is 12.1 Å². The summed E-state index contributed by atoms with van der Waals surface area (Å²) in [7, 11) is 1.62. The number of aliphatic hydroxyl groups excluding tert-OH is 1. The van der Waals surface area contributed by atoms with Crippen molar-refractivity contribution in [3.63, 3.8) is 0 Å². The molecule has 0 aromatic heterocycles. The van der Waals surface area contributed by atoms with Gasteiger partial charge in [-0.05, 0) is 49.2 Å². The van der Waals surface area contributed by atoms with E-state index in [2.05, 4.69) is 10.6 Å². The number of anilines is 1. The summed E-state index contributed by atoms with van der Waals surface area (Å²) in [4.78, 5) is 10.6. The minimum atomic E-state index is -0.800. The van der Waals surface area contributed by atoms with Crippen molar-refractivity contribution < 1.29 is 19.7 Å². The zero-order valence-electron chi connectivity index (χ0n) is 14.6. The Bertz CT molecular complexity index is 714. The van der Waals surface area contributed by atoms with Gasteiger partial charge < -0.3 is 20.3 Å². The predicted octanol–water partition coefficient (Wildman–Crippen LogP) is 2.35. The lowest BCUT2D eigenvalue weighted by molar-refractivity contribution is -0.105. The minimum absolute atomic E-state index is 0.0168. The van der Waals surface area contributed by atoms with Crippen LogP contribution in [-0.4, -0.2) is 30.0 Å². The Hall–Kier alpha value is -2.57. The Morgan fingerprint density at radius 2 is 1.88 bits per heavy atom. The number of methoxy groups -OCH3 is 1. The summed E-state index contributed by atoms with van der Waals surface area (Å²) in [6, 6.07) is 12.5. The van der Waals surface area contributed by atoms with Crippen LogP contribution in [0.25, 0.3) is 0 Å². The van der Waals surface area contributed by atoms with Crippen molar-refractivity contribution in [1.29, 1.82) is 0 Å². The number of carbonyl (C=O) groups is 1. The lowest BCUT2D eigenvalue weighted by Crippen LogP contribution is -2.44. The van der Waals surface area contributed by atoms with E-state index in [1.165, 1.54) is 6.07 Å². The summed E-state index contributed by atoms with van der Waals surface area (Å²) in [6.45, 7) is 3.96. The molecule has 1 amide bonds. The number of aliphatic hydroxyl groups is 1. The van der Waals surface area contributed by atoms with Gasteiger partial charge in [-0.1, -0.05) is 18.2 Å². The average Bonchev–Trinajstić information content (AvgIpc) is 2.57. The van der Waals surface area contributed by atoms with E-state index >= 15 is 0 Å². The van der Waals surface area contributed by atoms with Crippen LogP contribution in [0, 0.1) is 0 Å². The van der Waals surface area contributed by atoms with Gasteiger partial charge in [0.25, 0.3) is 0 Å². The van der Waals surface area contributed by atoms with Crippen molar-refractivity contribution in [3.8, 4) is 11.5 Å².